The van der Waals surface area contributed by atoms with Crippen molar-refractivity contribution in [2.24, 2.45) is 17.8 Å². The van der Waals surface area contributed by atoms with Gasteiger partial charge in [-0.15, -0.1) is 11.3 Å². The summed E-state index contributed by atoms with van der Waals surface area (Å²) in [6.45, 7) is 2.65. The standard InChI is InChI=1S/C29H30ClF4N5O2S/c30-20-14-35-28(36-15-20)38-7-3-17(4-8-38)22-11-18(22)6-10-41-21-2-1-19(23(31)13-21)12-26(40)39-9-5-25-24(16-39)37-27(42-25)29(32,33)34/h1-2,13-15,17-18,22H,3-12,16H2/t18-,22-/m1/s1. The van der Waals surface area contributed by atoms with E-state index in [1.807, 2.05) is 0 Å². The van der Waals surface area contributed by atoms with Crippen LogP contribution in [0.4, 0.5) is 23.5 Å². The lowest BCUT2D eigenvalue weighted by atomic mass is 9.90. The van der Waals surface area contributed by atoms with Gasteiger partial charge in [0.15, 0.2) is 5.01 Å². The SMILES string of the molecule is O=C(Cc1ccc(OCC[C@@H]2C[C@@H]2C2CCN(c3ncc(Cl)cn3)CC2)cc1F)N1CCc2sc(C(F)(F)F)nc2C1. The molecule has 0 radical (unpaired) electrons. The van der Waals surface area contributed by atoms with E-state index >= 15 is 0 Å². The monoisotopic (exact) mass is 623 g/mol. The summed E-state index contributed by atoms with van der Waals surface area (Å²) in [7, 11) is 0. The lowest BCUT2D eigenvalue weighted by Gasteiger charge is -2.32. The summed E-state index contributed by atoms with van der Waals surface area (Å²) in [6.07, 6.45) is 3.20. The second-order valence-corrected chi connectivity index (χ2v) is 12.7. The molecule has 0 unspecified atom stereocenters. The summed E-state index contributed by atoms with van der Waals surface area (Å²) < 4.78 is 59.6. The Morgan fingerprint density at radius 2 is 1.90 bits per heavy atom. The molecule has 1 saturated carbocycles. The molecule has 3 aliphatic rings. The molecule has 4 heterocycles. The number of rotatable bonds is 8. The van der Waals surface area contributed by atoms with Gasteiger partial charge in [0.05, 0.1) is 42.7 Å². The molecule has 1 amide bonds. The van der Waals surface area contributed by atoms with Crippen LogP contribution in [0.1, 0.15) is 46.8 Å². The van der Waals surface area contributed by atoms with Crippen molar-refractivity contribution in [2.45, 2.75) is 51.2 Å². The molecular weight excluding hydrogens is 594 g/mol. The number of benzene rings is 1. The molecule has 6 rings (SSSR count). The Hall–Kier alpha value is -2.99. The maximum atomic E-state index is 14.8. The third-order valence-corrected chi connectivity index (χ3v) is 9.86. The number of carbonyl (C=O) groups excluding carboxylic acids is 1. The molecule has 0 spiro atoms. The Bertz CT molecular complexity index is 1430. The van der Waals surface area contributed by atoms with Crippen molar-refractivity contribution in [3.05, 3.63) is 62.6 Å². The van der Waals surface area contributed by atoms with E-state index in [2.05, 4.69) is 19.9 Å². The van der Waals surface area contributed by atoms with E-state index < -0.39 is 17.0 Å². The number of anilines is 1. The minimum Gasteiger partial charge on any atom is -0.493 e. The second kappa shape index (κ2) is 11.9. The Labute approximate surface area is 249 Å². The molecule has 0 N–H and O–H groups in total. The number of fused-ring (bicyclic) bond motifs is 1. The zero-order chi connectivity index (χ0) is 29.4. The molecule has 224 valence electrons. The first-order valence-electron chi connectivity index (χ1n) is 14.1. The van der Waals surface area contributed by atoms with E-state index in [4.69, 9.17) is 16.3 Å². The number of hydrogen-bond acceptors (Lipinski definition) is 7. The molecule has 2 aliphatic heterocycles. The Kier molecular flexibility index (Phi) is 8.28. The smallest absolute Gasteiger partial charge is 0.443 e. The topological polar surface area (TPSA) is 71.5 Å². The van der Waals surface area contributed by atoms with Gasteiger partial charge >= 0.3 is 6.18 Å². The minimum atomic E-state index is -4.50. The third kappa shape index (κ3) is 6.64. The van der Waals surface area contributed by atoms with Gasteiger partial charge in [0, 0.05) is 37.0 Å². The molecule has 3 aromatic rings. The summed E-state index contributed by atoms with van der Waals surface area (Å²) in [5.41, 5.74) is 0.497. The summed E-state index contributed by atoms with van der Waals surface area (Å²) in [5, 5.41) is -0.364. The van der Waals surface area contributed by atoms with E-state index in [1.54, 1.807) is 24.5 Å². The van der Waals surface area contributed by atoms with Gasteiger partial charge in [-0.25, -0.2) is 19.3 Å². The van der Waals surface area contributed by atoms with Crippen molar-refractivity contribution in [3.63, 3.8) is 0 Å². The number of alkyl halides is 3. The molecule has 0 bridgehead atoms. The highest BCUT2D eigenvalue weighted by atomic mass is 35.5. The van der Waals surface area contributed by atoms with E-state index in [-0.39, 0.29) is 36.7 Å². The molecule has 1 aliphatic carbocycles. The van der Waals surface area contributed by atoms with Crippen LogP contribution in [0.5, 0.6) is 5.75 Å². The van der Waals surface area contributed by atoms with Crippen LogP contribution in [0.15, 0.2) is 30.6 Å². The highest BCUT2D eigenvalue weighted by Crippen LogP contribution is 2.50. The van der Waals surface area contributed by atoms with E-state index in [0.29, 0.717) is 57.8 Å². The highest BCUT2D eigenvalue weighted by molar-refractivity contribution is 7.11. The van der Waals surface area contributed by atoms with E-state index in [1.165, 1.54) is 17.4 Å². The number of carbonyl (C=O) groups is 1. The first-order chi connectivity index (χ1) is 20.1. The Balaban J connectivity index is 0.929. The zero-order valence-corrected chi connectivity index (χ0v) is 24.3. The van der Waals surface area contributed by atoms with Crippen LogP contribution in [0.25, 0.3) is 0 Å². The van der Waals surface area contributed by atoms with Gasteiger partial charge in [0.25, 0.3) is 0 Å². The maximum Gasteiger partial charge on any atom is 0.443 e. The van der Waals surface area contributed by atoms with Crippen molar-refractivity contribution in [1.29, 1.82) is 0 Å². The number of nitrogens with zero attached hydrogens (tertiary/aromatic N) is 5. The number of hydrogen-bond donors (Lipinski definition) is 0. The van der Waals surface area contributed by atoms with Gasteiger partial charge in [-0.3, -0.25) is 4.79 Å². The molecule has 2 atom stereocenters. The fourth-order valence-electron chi connectivity index (χ4n) is 6.07. The van der Waals surface area contributed by atoms with Gasteiger partial charge in [-0.05, 0) is 55.1 Å². The molecular formula is C29H30ClF4N5O2S. The number of aromatic nitrogens is 3. The second-order valence-electron chi connectivity index (χ2n) is 11.2. The summed E-state index contributed by atoms with van der Waals surface area (Å²) >= 11 is 6.52. The van der Waals surface area contributed by atoms with Gasteiger partial charge < -0.3 is 14.5 Å². The number of piperidine rings is 1. The molecule has 2 fully saturated rings. The number of halogens is 5. The largest absolute Gasteiger partial charge is 0.493 e. The lowest BCUT2D eigenvalue weighted by molar-refractivity contribution is -0.137. The quantitative estimate of drug-likeness (QED) is 0.279. The fourth-order valence-corrected chi connectivity index (χ4v) is 7.10. The van der Waals surface area contributed by atoms with Crippen LogP contribution in [0.2, 0.25) is 5.02 Å². The molecule has 7 nitrogen and oxygen atoms in total. The summed E-state index contributed by atoms with van der Waals surface area (Å²) in [6, 6.07) is 4.50. The van der Waals surface area contributed by atoms with Crippen LogP contribution in [0.3, 0.4) is 0 Å². The van der Waals surface area contributed by atoms with Gasteiger partial charge in [0.2, 0.25) is 11.9 Å². The molecule has 1 saturated heterocycles. The fraction of sp³-hybridized carbons (Fsp3) is 0.517. The summed E-state index contributed by atoms with van der Waals surface area (Å²) in [4.78, 5) is 29.3. The van der Waals surface area contributed by atoms with Crippen LogP contribution < -0.4 is 9.64 Å². The van der Waals surface area contributed by atoms with E-state index in [0.717, 1.165) is 38.3 Å². The lowest BCUT2D eigenvalue weighted by Crippen LogP contribution is -2.36. The number of thiazole rings is 1. The number of amides is 1. The van der Waals surface area contributed by atoms with Crippen LogP contribution in [0, 0.1) is 23.6 Å². The normalized spacial score (nSPS) is 20.9. The molecule has 1 aromatic carbocycles. The first-order valence-corrected chi connectivity index (χ1v) is 15.3. The Morgan fingerprint density at radius 3 is 2.62 bits per heavy atom. The van der Waals surface area contributed by atoms with Crippen molar-refractivity contribution < 1.29 is 27.1 Å². The minimum absolute atomic E-state index is 0.00159. The van der Waals surface area contributed by atoms with Gasteiger partial charge in [-0.1, -0.05) is 17.7 Å². The third-order valence-electron chi connectivity index (χ3n) is 8.46. The van der Waals surface area contributed by atoms with Gasteiger partial charge in [0.1, 0.15) is 11.6 Å². The van der Waals surface area contributed by atoms with Crippen molar-refractivity contribution in [1.82, 2.24) is 19.9 Å². The van der Waals surface area contributed by atoms with Crippen LogP contribution in [-0.2, 0) is 30.4 Å². The summed E-state index contributed by atoms with van der Waals surface area (Å²) in [5.74, 6) is 2.26. The Morgan fingerprint density at radius 1 is 1.14 bits per heavy atom. The maximum absolute atomic E-state index is 14.8. The predicted molar refractivity (Wildman–Crippen MR) is 150 cm³/mol. The van der Waals surface area contributed by atoms with Gasteiger partial charge in [-0.2, -0.15) is 13.2 Å². The molecule has 42 heavy (non-hydrogen) atoms. The zero-order valence-electron chi connectivity index (χ0n) is 22.7. The van der Waals surface area contributed by atoms with Crippen molar-refractivity contribution in [2.75, 3.05) is 31.1 Å². The average Bonchev–Trinajstić information content (AvgIpc) is 3.60. The van der Waals surface area contributed by atoms with Crippen LogP contribution >= 0.6 is 22.9 Å². The number of ether oxygens (including phenoxy) is 1. The highest BCUT2D eigenvalue weighted by Gasteiger charge is 2.43. The first kappa shape index (κ1) is 29.1. The van der Waals surface area contributed by atoms with Crippen LogP contribution in [-0.4, -0.2) is 52.0 Å². The predicted octanol–water partition coefficient (Wildman–Crippen LogP) is 6.19. The van der Waals surface area contributed by atoms with E-state index in [9.17, 15) is 22.4 Å². The van der Waals surface area contributed by atoms with Crippen molar-refractivity contribution >= 4 is 34.8 Å². The van der Waals surface area contributed by atoms with Crippen molar-refractivity contribution in [3.8, 4) is 5.75 Å². The molecule has 2 aromatic heterocycles. The molecule has 13 heteroatoms. The average molecular weight is 624 g/mol.